The molecule has 2 aromatic heterocycles. The summed E-state index contributed by atoms with van der Waals surface area (Å²) in [6.07, 6.45) is 3.73. The van der Waals surface area contributed by atoms with E-state index >= 15 is 0 Å². The maximum atomic E-state index is 13.2. The van der Waals surface area contributed by atoms with Crippen molar-refractivity contribution in [3.63, 3.8) is 0 Å². The van der Waals surface area contributed by atoms with Crippen LogP contribution >= 0.6 is 11.3 Å². The number of carbonyl (C=O) groups excluding carboxylic acids is 1. The molecule has 3 aromatic rings. The average Bonchev–Trinajstić information content (AvgIpc) is 3.15. The maximum absolute atomic E-state index is 13.2. The van der Waals surface area contributed by atoms with Gasteiger partial charge in [-0.25, -0.2) is 9.37 Å². The normalized spacial score (nSPS) is 11.0. The second kappa shape index (κ2) is 9.52. The van der Waals surface area contributed by atoms with Crippen molar-refractivity contribution < 1.29 is 9.18 Å². The molecule has 0 N–H and O–H groups in total. The molecule has 1 amide bonds. The predicted molar refractivity (Wildman–Crippen MR) is 109 cm³/mol. The van der Waals surface area contributed by atoms with Crippen LogP contribution in [-0.2, 0) is 17.8 Å². The van der Waals surface area contributed by atoms with Crippen LogP contribution in [-0.4, -0.2) is 52.9 Å². The summed E-state index contributed by atoms with van der Waals surface area (Å²) in [5, 5.41) is 2.77. The Balaban J connectivity index is 1.69. The molecule has 7 heteroatoms. The summed E-state index contributed by atoms with van der Waals surface area (Å²) in [6, 6.07) is 10.1. The molecule has 0 aliphatic carbocycles. The lowest BCUT2D eigenvalue weighted by molar-refractivity contribution is -0.131. The lowest BCUT2D eigenvalue weighted by Crippen LogP contribution is -2.37. The van der Waals surface area contributed by atoms with Crippen LogP contribution in [0.2, 0.25) is 0 Å². The van der Waals surface area contributed by atoms with Crippen molar-refractivity contribution in [3.8, 4) is 10.6 Å². The fraction of sp³-hybridized carbons (Fsp3) is 0.286. The number of amides is 1. The van der Waals surface area contributed by atoms with Gasteiger partial charge in [-0.2, -0.15) is 0 Å². The largest absolute Gasteiger partial charge is 0.337 e. The summed E-state index contributed by atoms with van der Waals surface area (Å²) in [5.41, 5.74) is 2.60. The van der Waals surface area contributed by atoms with Crippen LogP contribution in [0.5, 0.6) is 0 Å². The molecule has 0 unspecified atom stereocenters. The van der Waals surface area contributed by atoms with Crippen LogP contribution in [0.25, 0.3) is 10.6 Å². The Kier molecular flexibility index (Phi) is 6.84. The molecule has 28 heavy (non-hydrogen) atoms. The Morgan fingerprint density at radius 2 is 1.93 bits per heavy atom. The molecule has 0 saturated carbocycles. The Labute approximate surface area is 168 Å². The molecule has 1 aromatic carbocycles. The summed E-state index contributed by atoms with van der Waals surface area (Å²) in [7, 11) is 3.95. The first-order chi connectivity index (χ1) is 13.5. The van der Waals surface area contributed by atoms with Crippen LogP contribution in [0.15, 0.2) is 54.2 Å². The number of pyridine rings is 1. The first-order valence-electron chi connectivity index (χ1n) is 9.03. The van der Waals surface area contributed by atoms with Gasteiger partial charge in [0.2, 0.25) is 5.91 Å². The zero-order valence-electron chi connectivity index (χ0n) is 16.0. The minimum absolute atomic E-state index is 0.00853. The Morgan fingerprint density at radius 3 is 2.61 bits per heavy atom. The van der Waals surface area contributed by atoms with Gasteiger partial charge < -0.3 is 9.80 Å². The van der Waals surface area contributed by atoms with Crippen LogP contribution < -0.4 is 0 Å². The molecule has 146 valence electrons. The molecule has 2 heterocycles. The van der Waals surface area contributed by atoms with E-state index in [0.717, 1.165) is 28.4 Å². The topological polar surface area (TPSA) is 49.3 Å². The molecule has 0 bridgehead atoms. The summed E-state index contributed by atoms with van der Waals surface area (Å²) >= 11 is 1.51. The highest BCUT2D eigenvalue weighted by Crippen LogP contribution is 2.23. The van der Waals surface area contributed by atoms with Crippen LogP contribution in [0.1, 0.15) is 11.3 Å². The zero-order valence-corrected chi connectivity index (χ0v) is 16.8. The summed E-state index contributed by atoms with van der Waals surface area (Å²) < 4.78 is 13.2. The number of nitrogens with zero attached hydrogens (tertiary/aromatic N) is 4. The van der Waals surface area contributed by atoms with Gasteiger partial charge >= 0.3 is 0 Å². The SMILES string of the molecule is CN(C)CCN(Cc1ccc(F)cc1)C(=O)Cc1csc(-c2cccnc2)n1. The average molecular weight is 399 g/mol. The summed E-state index contributed by atoms with van der Waals surface area (Å²) in [5.74, 6) is -0.269. The Bertz CT molecular complexity index is 896. The van der Waals surface area contributed by atoms with Crippen molar-refractivity contribution in [1.29, 1.82) is 0 Å². The minimum atomic E-state index is -0.277. The standard InChI is InChI=1S/C21H23FN4OS/c1-25(2)10-11-26(14-16-5-7-18(22)8-6-16)20(27)12-19-15-28-21(24-19)17-4-3-9-23-13-17/h3-9,13,15H,10-12,14H2,1-2H3. The number of thiazole rings is 1. The molecule has 5 nitrogen and oxygen atoms in total. The van der Waals surface area contributed by atoms with Gasteiger partial charge in [0.25, 0.3) is 0 Å². The van der Waals surface area contributed by atoms with Crippen molar-refractivity contribution >= 4 is 17.2 Å². The third-order valence-electron chi connectivity index (χ3n) is 4.25. The minimum Gasteiger partial charge on any atom is -0.337 e. The smallest absolute Gasteiger partial charge is 0.228 e. The number of hydrogen-bond donors (Lipinski definition) is 0. The van der Waals surface area contributed by atoms with E-state index in [0.29, 0.717) is 13.1 Å². The molecule has 0 saturated heterocycles. The van der Waals surface area contributed by atoms with E-state index < -0.39 is 0 Å². The number of rotatable bonds is 8. The van der Waals surface area contributed by atoms with Gasteiger partial charge in [0.1, 0.15) is 10.8 Å². The summed E-state index contributed by atoms with van der Waals surface area (Å²) in [6.45, 7) is 1.81. The van der Waals surface area contributed by atoms with E-state index in [4.69, 9.17) is 0 Å². The van der Waals surface area contributed by atoms with Gasteiger partial charge in [0.05, 0.1) is 12.1 Å². The molecule has 0 aliphatic rings. The third-order valence-corrected chi connectivity index (χ3v) is 5.19. The molecule has 0 aliphatic heterocycles. The predicted octanol–water partition coefficient (Wildman–Crippen LogP) is 3.48. The first-order valence-corrected chi connectivity index (χ1v) is 9.91. The van der Waals surface area contributed by atoms with E-state index in [-0.39, 0.29) is 18.1 Å². The van der Waals surface area contributed by atoms with Gasteiger partial charge in [0, 0.05) is 43.0 Å². The van der Waals surface area contributed by atoms with Gasteiger partial charge in [-0.15, -0.1) is 11.3 Å². The number of halogens is 1. The second-order valence-corrected chi connectivity index (χ2v) is 7.67. The van der Waals surface area contributed by atoms with Gasteiger partial charge in [0.15, 0.2) is 0 Å². The fourth-order valence-electron chi connectivity index (χ4n) is 2.70. The highest BCUT2D eigenvalue weighted by Gasteiger charge is 2.17. The van der Waals surface area contributed by atoms with Gasteiger partial charge in [-0.05, 0) is 43.9 Å². The molecule has 0 atom stereocenters. The molecular formula is C21H23FN4OS. The van der Waals surface area contributed by atoms with Crippen LogP contribution in [0.4, 0.5) is 4.39 Å². The van der Waals surface area contributed by atoms with Crippen molar-refractivity contribution in [2.24, 2.45) is 0 Å². The van der Waals surface area contributed by atoms with Gasteiger partial charge in [-0.1, -0.05) is 12.1 Å². The van der Waals surface area contributed by atoms with E-state index in [9.17, 15) is 9.18 Å². The fourth-order valence-corrected chi connectivity index (χ4v) is 3.51. The van der Waals surface area contributed by atoms with Gasteiger partial charge in [-0.3, -0.25) is 9.78 Å². The number of carbonyl (C=O) groups is 1. The molecule has 3 rings (SSSR count). The van der Waals surface area contributed by atoms with Crippen molar-refractivity contribution in [2.75, 3.05) is 27.2 Å². The monoisotopic (exact) mass is 398 g/mol. The zero-order chi connectivity index (χ0) is 19.9. The second-order valence-electron chi connectivity index (χ2n) is 6.81. The third kappa shape index (κ3) is 5.68. The number of benzene rings is 1. The van der Waals surface area contributed by atoms with E-state index in [1.165, 1.54) is 23.5 Å². The molecule has 0 radical (unpaired) electrons. The van der Waals surface area contributed by atoms with Crippen LogP contribution in [0.3, 0.4) is 0 Å². The summed E-state index contributed by atoms with van der Waals surface area (Å²) in [4.78, 5) is 25.5. The number of aromatic nitrogens is 2. The van der Waals surface area contributed by atoms with Crippen molar-refractivity contribution in [2.45, 2.75) is 13.0 Å². The van der Waals surface area contributed by atoms with Crippen LogP contribution in [0, 0.1) is 5.82 Å². The highest BCUT2D eigenvalue weighted by atomic mass is 32.1. The maximum Gasteiger partial charge on any atom is 0.228 e. The quantitative estimate of drug-likeness (QED) is 0.583. The van der Waals surface area contributed by atoms with E-state index in [1.807, 2.05) is 36.5 Å². The van der Waals surface area contributed by atoms with E-state index in [1.54, 1.807) is 29.4 Å². The van der Waals surface area contributed by atoms with E-state index in [2.05, 4.69) is 9.97 Å². The Morgan fingerprint density at radius 1 is 1.14 bits per heavy atom. The highest BCUT2D eigenvalue weighted by molar-refractivity contribution is 7.13. The molecular weight excluding hydrogens is 375 g/mol. The van der Waals surface area contributed by atoms with Crippen molar-refractivity contribution in [1.82, 2.24) is 19.8 Å². The lowest BCUT2D eigenvalue weighted by atomic mass is 10.2. The molecule has 0 fully saturated rings. The number of likely N-dealkylation sites (N-methyl/N-ethyl adjacent to an activating group) is 1. The first kappa shape index (κ1) is 20.1. The number of hydrogen-bond acceptors (Lipinski definition) is 5. The lowest BCUT2D eigenvalue weighted by Gasteiger charge is -2.24. The molecule has 0 spiro atoms. The van der Waals surface area contributed by atoms with Crippen molar-refractivity contribution in [3.05, 3.63) is 71.2 Å². The Hall–Kier alpha value is -2.64.